The molecule has 5 heteroatoms. The van der Waals surface area contributed by atoms with Crippen molar-refractivity contribution in [3.05, 3.63) is 29.0 Å². The van der Waals surface area contributed by atoms with Gasteiger partial charge in [-0.2, -0.15) is 0 Å². The second kappa shape index (κ2) is 5.12. The Hall–Kier alpha value is -2.30. The Bertz CT molecular complexity index is 871. The smallest absolute Gasteiger partial charge is 0.175 e. The van der Waals surface area contributed by atoms with E-state index in [-0.39, 0.29) is 34.9 Å². The Morgan fingerprint density at radius 3 is 2.27 bits per heavy atom. The van der Waals surface area contributed by atoms with Gasteiger partial charge in [0.1, 0.15) is 23.0 Å². The van der Waals surface area contributed by atoms with Crippen LogP contribution in [0.3, 0.4) is 0 Å². The molecule has 0 saturated heterocycles. The second-order valence-corrected chi connectivity index (χ2v) is 8.80. The van der Waals surface area contributed by atoms with Gasteiger partial charge in [0.25, 0.3) is 0 Å². The summed E-state index contributed by atoms with van der Waals surface area (Å²) < 4.78 is 6.01. The molecule has 26 heavy (non-hydrogen) atoms. The van der Waals surface area contributed by atoms with Crippen molar-refractivity contribution in [2.45, 2.75) is 52.9 Å². The maximum absolute atomic E-state index is 13.3. The molecule has 1 saturated carbocycles. The number of phenolic OH excluding ortho intramolecular Hbond substituents is 2. The van der Waals surface area contributed by atoms with Crippen LogP contribution in [0.15, 0.2) is 23.5 Å². The van der Waals surface area contributed by atoms with Crippen molar-refractivity contribution < 1.29 is 24.5 Å². The Labute approximate surface area is 152 Å². The number of hydrogen-bond acceptors (Lipinski definition) is 5. The summed E-state index contributed by atoms with van der Waals surface area (Å²) in [5, 5.41) is 20.4. The van der Waals surface area contributed by atoms with E-state index in [0.29, 0.717) is 22.6 Å². The Balaban J connectivity index is 2.01. The van der Waals surface area contributed by atoms with Crippen molar-refractivity contribution in [2.24, 2.45) is 16.7 Å². The number of aromatic hydroxyl groups is 2. The molecule has 0 aromatic heterocycles. The minimum atomic E-state index is -1.13. The third kappa shape index (κ3) is 2.03. The van der Waals surface area contributed by atoms with Crippen LogP contribution in [0.25, 0.3) is 0 Å². The third-order valence-corrected chi connectivity index (χ3v) is 6.32. The molecule has 1 aliphatic heterocycles. The number of allylic oxidation sites excluding steroid dienone is 2. The van der Waals surface area contributed by atoms with Crippen molar-refractivity contribution in [3.8, 4) is 17.2 Å². The van der Waals surface area contributed by atoms with Crippen molar-refractivity contribution in [3.63, 3.8) is 0 Å². The molecule has 3 aliphatic rings. The lowest BCUT2D eigenvalue weighted by molar-refractivity contribution is -0.145. The van der Waals surface area contributed by atoms with Crippen molar-refractivity contribution >= 4 is 11.6 Å². The van der Waals surface area contributed by atoms with Crippen LogP contribution in [-0.4, -0.2) is 21.8 Å². The van der Waals surface area contributed by atoms with E-state index in [1.54, 1.807) is 27.7 Å². The monoisotopic (exact) mass is 356 g/mol. The molecule has 1 atom stereocenters. The normalized spacial score (nSPS) is 26.7. The number of benzene rings is 1. The lowest BCUT2D eigenvalue weighted by Crippen LogP contribution is -2.52. The average Bonchev–Trinajstić information content (AvgIpc) is 2.49. The molecule has 2 aliphatic carbocycles. The maximum atomic E-state index is 13.3. The Morgan fingerprint density at radius 1 is 1.04 bits per heavy atom. The molecular formula is C21H24O5. The highest BCUT2D eigenvalue weighted by Crippen LogP contribution is 2.59. The number of phenols is 2. The summed E-state index contributed by atoms with van der Waals surface area (Å²) in [4.78, 5) is 26.3. The van der Waals surface area contributed by atoms with Gasteiger partial charge in [-0.1, -0.05) is 6.42 Å². The molecular weight excluding hydrogens is 332 g/mol. The molecule has 0 bridgehead atoms. The molecule has 1 fully saturated rings. The predicted octanol–water partition coefficient (Wildman–Crippen LogP) is 3.83. The van der Waals surface area contributed by atoms with Crippen LogP contribution in [-0.2, 0) is 9.59 Å². The number of hydrogen-bond donors (Lipinski definition) is 2. The number of rotatable bonds is 1. The quantitative estimate of drug-likeness (QED) is 0.747. The molecule has 0 spiro atoms. The lowest BCUT2D eigenvalue weighted by Gasteiger charge is -2.47. The minimum absolute atomic E-state index is 0.0660. The van der Waals surface area contributed by atoms with E-state index in [9.17, 15) is 19.8 Å². The van der Waals surface area contributed by atoms with E-state index in [1.807, 2.05) is 0 Å². The summed E-state index contributed by atoms with van der Waals surface area (Å²) in [6.07, 6.45) is 3.01. The van der Waals surface area contributed by atoms with E-state index in [4.69, 9.17) is 4.74 Å². The topological polar surface area (TPSA) is 83.8 Å². The molecule has 4 rings (SSSR count). The van der Waals surface area contributed by atoms with Crippen LogP contribution in [0.5, 0.6) is 17.2 Å². The summed E-state index contributed by atoms with van der Waals surface area (Å²) in [7, 11) is 0. The fraction of sp³-hybridized carbons (Fsp3) is 0.524. The van der Waals surface area contributed by atoms with Crippen LogP contribution < -0.4 is 4.74 Å². The third-order valence-electron chi connectivity index (χ3n) is 6.32. The highest BCUT2D eigenvalue weighted by molar-refractivity contribution is 6.20. The van der Waals surface area contributed by atoms with Crippen molar-refractivity contribution in [1.82, 2.24) is 0 Å². The molecule has 1 heterocycles. The first-order chi connectivity index (χ1) is 12.1. The van der Waals surface area contributed by atoms with E-state index < -0.39 is 10.8 Å². The van der Waals surface area contributed by atoms with Gasteiger partial charge in [0.15, 0.2) is 11.6 Å². The number of fused-ring (bicyclic) bond motifs is 1. The molecule has 5 nitrogen and oxygen atoms in total. The molecule has 138 valence electrons. The SMILES string of the molecule is CC1(C)C(=O)C2=C(Oc3cc(O)cc(O)c3C2C2CCC2)C(C)(C)C1=O. The Morgan fingerprint density at radius 2 is 1.69 bits per heavy atom. The number of ether oxygens (including phenoxy) is 1. The summed E-state index contributed by atoms with van der Waals surface area (Å²) in [5.74, 6) is 0.0747. The van der Waals surface area contributed by atoms with Crippen molar-refractivity contribution in [2.75, 3.05) is 0 Å². The Kier molecular flexibility index (Phi) is 3.37. The van der Waals surface area contributed by atoms with E-state index >= 15 is 0 Å². The average molecular weight is 356 g/mol. The van der Waals surface area contributed by atoms with Gasteiger partial charge in [-0.3, -0.25) is 9.59 Å². The zero-order valence-electron chi connectivity index (χ0n) is 15.5. The molecule has 0 amide bonds. The highest BCUT2D eigenvalue weighted by atomic mass is 16.5. The van der Waals surface area contributed by atoms with E-state index in [1.165, 1.54) is 12.1 Å². The number of carbonyl (C=O) groups excluding carboxylic acids is 2. The van der Waals surface area contributed by atoms with Crippen LogP contribution >= 0.6 is 0 Å². The summed E-state index contributed by atoms with van der Waals surface area (Å²) >= 11 is 0. The van der Waals surface area contributed by atoms with Gasteiger partial charge in [0.05, 0.1) is 10.8 Å². The lowest BCUT2D eigenvalue weighted by atomic mass is 9.57. The predicted molar refractivity (Wildman–Crippen MR) is 95.1 cm³/mol. The van der Waals surface area contributed by atoms with Gasteiger partial charge >= 0.3 is 0 Å². The standard InChI is InChI=1S/C21H24O5/c1-20(2)17(24)16-14(10-6-5-7-10)15-12(23)8-11(22)9-13(15)26-18(16)21(3,4)19(20)25/h8-10,14,22-23H,5-7H2,1-4H3. The second-order valence-electron chi connectivity index (χ2n) is 8.80. The van der Waals surface area contributed by atoms with Crippen LogP contribution in [0, 0.1) is 16.7 Å². The number of Topliss-reactive ketones (excluding diaryl/α,β-unsaturated/α-hetero) is 2. The fourth-order valence-corrected chi connectivity index (χ4v) is 4.72. The number of ketones is 2. The fourth-order valence-electron chi connectivity index (χ4n) is 4.72. The number of carbonyl (C=O) groups is 2. The molecule has 1 aromatic rings. The summed E-state index contributed by atoms with van der Waals surface area (Å²) in [5.41, 5.74) is -0.996. The van der Waals surface area contributed by atoms with E-state index in [0.717, 1.165) is 19.3 Å². The zero-order chi connectivity index (χ0) is 19.0. The maximum Gasteiger partial charge on any atom is 0.175 e. The first kappa shape index (κ1) is 17.1. The zero-order valence-corrected chi connectivity index (χ0v) is 15.5. The summed E-state index contributed by atoms with van der Waals surface area (Å²) in [6.45, 7) is 6.91. The van der Waals surface area contributed by atoms with Gasteiger partial charge in [-0.25, -0.2) is 0 Å². The van der Waals surface area contributed by atoms with Crippen LogP contribution in [0.1, 0.15) is 58.4 Å². The highest BCUT2D eigenvalue weighted by Gasteiger charge is 2.58. The van der Waals surface area contributed by atoms with Crippen molar-refractivity contribution in [1.29, 1.82) is 0 Å². The van der Waals surface area contributed by atoms with Gasteiger partial charge in [0, 0.05) is 29.2 Å². The van der Waals surface area contributed by atoms with Gasteiger partial charge in [0.2, 0.25) is 0 Å². The molecule has 1 unspecified atom stereocenters. The van der Waals surface area contributed by atoms with E-state index in [2.05, 4.69) is 0 Å². The van der Waals surface area contributed by atoms with Crippen LogP contribution in [0.4, 0.5) is 0 Å². The first-order valence-corrected chi connectivity index (χ1v) is 9.15. The van der Waals surface area contributed by atoms with Gasteiger partial charge in [-0.15, -0.1) is 0 Å². The molecule has 0 radical (unpaired) electrons. The molecule has 1 aromatic carbocycles. The van der Waals surface area contributed by atoms with Crippen LogP contribution in [0.2, 0.25) is 0 Å². The summed E-state index contributed by atoms with van der Waals surface area (Å²) in [6, 6.07) is 2.74. The van der Waals surface area contributed by atoms with Gasteiger partial charge < -0.3 is 14.9 Å². The first-order valence-electron chi connectivity index (χ1n) is 9.15. The largest absolute Gasteiger partial charge is 0.508 e. The van der Waals surface area contributed by atoms with Gasteiger partial charge in [-0.05, 0) is 46.5 Å². The molecule has 2 N–H and O–H groups in total. The minimum Gasteiger partial charge on any atom is -0.508 e.